The van der Waals surface area contributed by atoms with Crippen LogP contribution in [0, 0.1) is 0 Å². The van der Waals surface area contributed by atoms with Gasteiger partial charge in [-0.25, -0.2) is 4.39 Å². The van der Waals surface area contributed by atoms with Crippen molar-refractivity contribution >= 4 is 28.8 Å². The van der Waals surface area contributed by atoms with E-state index < -0.39 is 0 Å². The van der Waals surface area contributed by atoms with Crippen molar-refractivity contribution in [2.24, 2.45) is 5.73 Å². The Kier molecular flexibility index (Phi) is 5.26. The second-order valence-corrected chi connectivity index (χ2v) is 4.09. The monoisotopic (exact) mass is 271 g/mol. The summed E-state index contributed by atoms with van der Waals surface area (Å²) in [7, 11) is 0. The van der Waals surface area contributed by atoms with Crippen LogP contribution in [-0.2, 0) is 0 Å². The van der Waals surface area contributed by atoms with Crippen LogP contribution in [-0.4, -0.2) is 0 Å². The van der Waals surface area contributed by atoms with Crippen LogP contribution < -0.4 is 5.73 Å². The predicted molar refractivity (Wildman–Crippen MR) is 72.6 cm³/mol. The number of nitrogens with two attached hydrogens (primary N) is 1. The van der Waals surface area contributed by atoms with Crippen LogP contribution in [0.3, 0.4) is 0 Å². The minimum atomic E-state index is 0.426. The van der Waals surface area contributed by atoms with Crippen molar-refractivity contribution in [3.8, 4) is 0 Å². The molecule has 0 fully saturated rings. The van der Waals surface area contributed by atoms with E-state index in [0.717, 1.165) is 11.1 Å². The van der Waals surface area contributed by atoms with Crippen molar-refractivity contribution in [1.29, 1.82) is 0 Å². The first kappa shape index (κ1) is 13.8. The maximum Gasteiger partial charge on any atom is 0.0867 e. The predicted octanol–water partition coefficient (Wildman–Crippen LogP) is 4.72. The Morgan fingerprint density at radius 1 is 1.29 bits per heavy atom. The van der Waals surface area contributed by atoms with Gasteiger partial charge in [-0.2, -0.15) is 0 Å². The summed E-state index contributed by atoms with van der Waals surface area (Å²) in [5, 5.41) is 0.939. The lowest BCUT2D eigenvalue weighted by Gasteiger charge is -2.08. The topological polar surface area (TPSA) is 26.0 Å². The molecule has 0 aliphatic heterocycles. The molecule has 2 N–H and O–H groups in total. The number of rotatable bonds is 3. The quantitative estimate of drug-likeness (QED) is 0.791. The zero-order valence-electron chi connectivity index (χ0n) is 9.25. The highest BCUT2D eigenvalue weighted by Gasteiger charge is 2.06. The smallest absolute Gasteiger partial charge is 0.0867 e. The van der Waals surface area contributed by atoms with Crippen molar-refractivity contribution < 1.29 is 4.39 Å². The lowest BCUT2D eigenvalue weighted by Crippen LogP contribution is -2.00. The zero-order valence-corrected chi connectivity index (χ0v) is 10.8. The maximum absolute atomic E-state index is 11.9. The van der Waals surface area contributed by atoms with Crippen LogP contribution in [0.4, 0.5) is 4.39 Å². The average Bonchev–Trinajstić information content (AvgIpc) is 2.32. The first-order valence-corrected chi connectivity index (χ1v) is 5.70. The molecule has 1 nitrogen and oxygen atoms in total. The van der Waals surface area contributed by atoms with Gasteiger partial charge in [0.25, 0.3) is 0 Å². The van der Waals surface area contributed by atoms with Gasteiger partial charge in [-0.1, -0.05) is 35.3 Å². The minimum absolute atomic E-state index is 0.426. The number of hydrogen-bond donors (Lipinski definition) is 1. The summed E-state index contributed by atoms with van der Waals surface area (Å²) in [5.41, 5.74) is 7.91. The van der Waals surface area contributed by atoms with E-state index in [0.29, 0.717) is 22.1 Å². The van der Waals surface area contributed by atoms with Gasteiger partial charge >= 0.3 is 0 Å². The normalized spacial score (nSPS) is 13.4. The van der Waals surface area contributed by atoms with Gasteiger partial charge in [0.05, 0.1) is 16.4 Å². The molecular formula is C13H12Cl2FN. The standard InChI is InChI=1S/C13H12Cl2FN/c1-2-10(13(17)4-3-7-16)9-5-6-11(14)12(15)8-9/h2-8H,17H2,1H3/b7-3+,10-2-,13-4+. The van der Waals surface area contributed by atoms with Crippen molar-refractivity contribution in [3.63, 3.8) is 0 Å². The number of hydrogen-bond acceptors (Lipinski definition) is 1. The van der Waals surface area contributed by atoms with E-state index in [1.165, 1.54) is 12.2 Å². The second-order valence-electron chi connectivity index (χ2n) is 3.27. The molecular weight excluding hydrogens is 260 g/mol. The highest BCUT2D eigenvalue weighted by molar-refractivity contribution is 6.42. The van der Waals surface area contributed by atoms with E-state index in [1.807, 2.05) is 19.1 Å². The largest absolute Gasteiger partial charge is 0.398 e. The fourth-order valence-electron chi connectivity index (χ4n) is 1.39. The summed E-state index contributed by atoms with van der Waals surface area (Å²) >= 11 is 11.8. The molecule has 0 atom stereocenters. The molecule has 0 saturated heterocycles. The van der Waals surface area contributed by atoms with Gasteiger partial charge in [-0.05, 0) is 36.8 Å². The highest BCUT2D eigenvalue weighted by Crippen LogP contribution is 2.28. The molecule has 0 spiro atoms. The SMILES string of the molecule is C\C=C(/C(N)=C\C=C\F)c1ccc(Cl)c(Cl)c1. The van der Waals surface area contributed by atoms with Gasteiger partial charge in [0.2, 0.25) is 0 Å². The van der Waals surface area contributed by atoms with E-state index >= 15 is 0 Å². The van der Waals surface area contributed by atoms with Gasteiger partial charge in [0.1, 0.15) is 0 Å². The molecule has 4 heteroatoms. The third-order valence-electron chi connectivity index (χ3n) is 2.18. The Morgan fingerprint density at radius 3 is 2.53 bits per heavy atom. The van der Waals surface area contributed by atoms with Crippen molar-refractivity contribution in [3.05, 3.63) is 64.1 Å². The van der Waals surface area contributed by atoms with Gasteiger partial charge in [0.15, 0.2) is 0 Å². The van der Waals surface area contributed by atoms with E-state index in [-0.39, 0.29) is 0 Å². The van der Waals surface area contributed by atoms with E-state index in [2.05, 4.69) is 0 Å². The summed E-state index contributed by atoms with van der Waals surface area (Å²) in [6.45, 7) is 1.84. The molecule has 1 aromatic rings. The second kappa shape index (κ2) is 6.48. The Morgan fingerprint density at radius 2 is 2.00 bits per heavy atom. The number of halogens is 3. The zero-order chi connectivity index (χ0) is 12.8. The lowest BCUT2D eigenvalue weighted by molar-refractivity contribution is 0.721. The summed E-state index contributed by atoms with van der Waals surface area (Å²) in [5.74, 6) is 0. The molecule has 90 valence electrons. The molecule has 17 heavy (non-hydrogen) atoms. The fraction of sp³-hybridized carbons (Fsp3) is 0.0769. The van der Waals surface area contributed by atoms with Crippen molar-refractivity contribution in [2.45, 2.75) is 6.92 Å². The Hall–Kier alpha value is -1.25. The first-order valence-electron chi connectivity index (χ1n) is 4.94. The van der Waals surface area contributed by atoms with Crippen molar-refractivity contribution in [2.75, 3.05) is 0 Å². The van der Waals surface area contributed by atoms with Crippen molar-refractivity contribution in [1.82, 2.24) is 0 Å². The third-order valence-corrected chi connectivity index (χ3v) is 2.92. The molecule has 0 bridgehead atoms. The molecule has 0 radical (unpaired) electrons. The van der Waals surface area contributed by atoms with Gasteiger partial charge in [-0.15, -0.1) is 0 Å². The molecule has 0 unspecified atom stereocenters. The van der Waals surface area contributed by atoms with Gasteiger partial charge in [-0.3, -0.25) is 0 Å². The molecule has 1 rings (SSSR count). The van der Waals surface area contributed by atoms with Crippen LogP contribution in [0.1, 0.15) is 12.5 Å². The average molecular weight is 272 g/mol. The number of allylic oxidation sites excluding steroid dienone is 4. The Labute approximate surface area is 110 Å². The summed E-state index contributed by atoms with van der Waals surface area (Å²) in [6.07, 6.45) is 4.97. The van der Waals surface area contributed by atoms with E-state index in [4.69, 9.17) is 28.9 Å². The first-order chi connectivity index (χ1) is 8.10. The van der Waals surface area contributed by atoms with Gasteiger partial charge in [0, 0.05) is 11.3 Å². The van der Waals surface area contributed by atoms with Crippen LogP contribution in [0.25, 0.3) is 5.57 Å². The highest BCUT2D eigenvalue weighted by atomic mass is 35.5. The maximum atomic E-state index is 11.9. The van der Waals surface area contributed by atoms with Crippen LogP contribution in [0.5, 0.6) is 0 Å². The summed E-state index contributed by atoms with van der Waals surface area (Å²) in [6, 6.07) is 5.23. The van der Waals surface area contributed by atoms with Crippen LogP contribution in [0.15, 0.2) is 48.5 Å². The number of benzene rings is 1. The van der Waals surface area contributed by atoms with E-state index in [9.17, 15) is 4.39 Å². The molecule has 0 saturated carbocycles. The molecule has 1 aromatic carbocycles. The Balaban J connectivity index is 3.15. The molecule has 0 amide bonds. The summed E-state index contributed by atoms with van der Waals surface area (Å²) < 4.78 is 11.9. The van der Waals surface area contributed by atoms with Crippen LogP contribution >= 0.6 is 23.2 Å². The molecule has 0 aliphatic carbocycles. The lowest BCUT2D eigenvalue weighted by atomic mass is 10.0. The molecule has 0 heterocycles. The van der Waals surface area contributed by atoms with Gasteiger partial charge < -0.3 is 5.73 Å². The minimum Gasteiger partial charge on any atom is -0.398 e. The Bertz CT molecular complexity index is 490. The molecule has 0 aliphatic rings. The fourth-order valence-corrected chi connectivity index (χ4v) is 1.69. The van der Waals surface area contributed by atoms with Crippen LogP contribution in [0.2, 0.25) is 10.0 Å². The molecule has 0 aromatic heterocycles. The van der Waals surface area contributed by atoms with E-state index in [1.54, 1.807) is 12.1 Å². The third kappa shape index (κ3) is 3.62. The summed E-state index contributed by atoms with van der Waals surface area (Å²) in [4.78, 5) is 0.